The zero-order chi connectivity index (χ0) is 29.1. The fourth-order valence-electron chi connectivity index (χ4n) is 5.61. The van der Waals surface area contributed by atoms with Gasteiger partial charge in [-0.2, -0.15) is 0 Å². The Bertz CT molecular complexity index is 1360. The van der Waals surface area contributed by atoms with Gasteiger partial charge in [0.05, 0.1) is 0 Å². The Hall–Kier alpha value is -3.99. The van der Waals surface area contributed by atoms with E-state index in [1.165, 1.54) is 12.1 Å². The van der Waals surface area contributed by atoms with E-state index >= 15 is 0 Å². The van der Waals surface area contributed by atoms with Crippen LogP contribution in [0.5, 0.6) is 0 Å². The second kappa shape index (κ2) is 15.5. The van der Waals surface area contributed by atoms with Crippen molar-refractivity contribution in [2.45, 2.75) is 0 Å². The number of carbonyl (C=O) groups excluding carboxylic acids is 2. The predicted octanol–water partition coefficient (Wildman–Crippen LogP) is 5.80. The van der Waals surface area contributed by atoms with Crippen LogP contribution in [0.25, 0.3) is 0 Å². The molecule has 0 amide bonds. The first-order chi connectivity index (χ1) is 20.8. The third kappa shape index (κ3) is 6.66. The number of carbonyl (C=O) groups is 2. The maximum atomic E-state index is 12.3. The molecular formula is C38H34NiO2P2. The SMILES string of the molecule is O=C[PH](c1ccccc1)(c1ccccc1)c1ccccc1.O=C[PH](c1ccccc1)(c1ccccc1)c1ccccc1.[Ni]. The normalized spacial score (nSPS) is 11.5. The van der Waals surface area contributed by atoms with Gasteiger partial charge in [0.25, 0.3) is 0 Å². The molecule has 0 unspecified atom stereocenters. The molecule has 6 rings (SSSR count). The molecule has 0 aliphatic rings. The fraction of sp³-hybridized carbons (Fsp3) is 0. The first-order valence-corrected chi connectivity index (χ1v) is 18.2. The zero-order valence-electron chi connectivity index (χ0n) is 23.6. The van der Waals surface area contributed by atoms with Gasteiger partial charge in [0.2, 0.25) is 0 Å². The minimum absolute atomic E-state index is 0. The number of hydrogen-bond acceptors (Lipinski definition) is 2. The molecule has 0 radical (unpaired) electrons. The van der Waals surface area contributed by atoms with Crippen LogP contribution in [0, 0.1) is 0 Å². The maximum Gasteiger partial charge on any atom is 0 e. The van der Waals surface area contributed by atoms with E-state index in [0.717, 1.165) is 31.8 Å². The molecule has 0 aliphatic carbocycles. The summed E-state index contributed by atoms with van der Waals surface area (Å²) in [7, 11) is -5.16. The molecule has 0 bridgehead atoms. The van der Waals surface area contributed by atoms with Crippen molar-refractivity contribution in [1.29, 1.82) is 0 Å². The van der Waals surface area contributed by atoms with E-state index in [-0.39, 0.29) is 16.5 Å². The van der Waals surface area contributed by atoms with Gasteiger partial charge >= 0.3 is 250 Å². The van der Waals surface area contributed by atoms with Crippen LogP contribution in [0.15, 0.2) is 182 Å². The molecule has 0 aliphatic heterocycles. The summed E-state index contributed by atoms with van der Waals surface area (Å²) in [5.74, 6) is 0. The number of hydrogen-bond donors (Lipinski definition) is 0. The van der Waals surface area contributed by atoms with E-state index in [1.807, 2.05) is 109 Å². The van der Waals surface area contributed by atoms with Crippen molar-refractivity contribution in [1.82, 2.24) is 0 Å². The van der Waals surface area contributed by atoms with E-state index in [4.69, 9.17) is 0 Å². The van der Waals surface area contributed by atoms with Crippen LogP contribution in [-0.2, 0) is 26.1 Å². The number of rotatable bonds is 8. The van der Waals surface area contributed by atoms with Crippen LogP contribution >= 0.6 is 14.5 Å². The van der Waals surface area contributed by atoms with Crippen molar-refractivity contribution in [3.63, 3.8) is 0 Å². The van der Waals surface area contributed by atoms with Crippen LogP contribution in [0.2, 0.25) is 0 Å². The molecule has 0 saturated heterocycles. The maximum absolute atomic E-state index is 12.3. The molecule has 0 spiro atoms. The second-order valence-electron chi connectivity index (χ2n) is 10.0. The van der Waals surface area contributed by atoms with Crippen molar-refractivity contribution in [2.75, 3.05) is 0 Å². The van der Waals surface area contributed by atoms with Crippen LogP contribution in [0.3, 0.4) is 0 Å². The van der Waals surface area contributed by atoms with Gasteiger partial charge in [0.15, 0.2) is 0 Å². The first-order valence-electron chi connectivity index (χ1n) is 14.0. The summed E-state index contributed by atoms with van der Waals surface area (Å²) >= 11 is 0. The molecule has 2 nitrogen and oxygen atoms in total. The molecule has 0 aromatic heterocycles. The molecule has 0 fully saturated rings. The van der Waals surface area contributed by atoms with Gasteiger partial charge in [-0.3, -0.25) is 0 Å². The van der Waals surface area contributed by atoms with Gasteiger partial charge in [0.1, 0.15) is 0 Å². The molecule has 43 heavy (non-hydrogen) atoms. The average Bonchev–Trinajstić information content (AvgIpc) is 3.09. The Morgan fingerprint density at radius 1 is 0.279 bits per heavy atom. The molecule has 218 valence electrons. The van der Waals surface area contributed by atoms with Gasteiger partial charge in [-0.15, -0.1) is 0 Å². The first kappa shape index (κ1) is 31.9. The topological polar surface area (TPSA) is 34.1 Å². The van der Waals surface area contributed by atoms with E-state index in [9.17, 15) is 9.59 Å². The molecule has 6 aromatic rings. The van der Waals surface area contributed by atoms with E-state index in [2.05, 4.69) is 72.8 Å². The van der Waals surface area contributed by atoms with Gasteiger partial charge in [-0.1, -0.05) is 0 Å². The Morgan fingerprint density at radius 3 is 0.535 bits per heavy atom. The van der Waals surface area contributed by atoms with Crippen LogP contribution in [-0.4, -0.2) is 12.1 Å². The third-order valence-corrected chi connectivity index (χ3v) is 15.9. The minimum atomic E-state index is -2.58. The largest absolute Gasteiger partial charge is 0 e. The Kier molecular flexibility index (Phi) is 11.5. The zero-order valence-corrected chi connectivity index (χ0v) is 26.6. The smallest absolute Gasteiger partial charge is 0 e. The monoisotopic (exact) mass is 642 g/mol. The van der Waals surface area contributed by atoms with E-state index in [0.29, 0.717) is 0 Å². The van der Waals surface area contributed by atoms with Gasteiger partial charge < -0.3 is 0 Å². The molecule has 5 heteroatoms. The van der Waals surface area contributed by atoms with Crippen molar-refractivity contribution in [2.24, 2.45) is 0 Å². The molecular weight excluding hydrogens is 609 g/mol. The van der Waals surface area contributed by atoms with Crippen LogP contribution in [0.4, 0.5) is 0 Å². The van der Waals surface area contributed by atoms with Crippen molar-refractivity contribution < 1.29 is 26.1 Å². The Balaban J connectivity index is 0.000000192. The van der Waals surface area contributed by atoms with Gasteiger partial charge in [0, 0.05) is 16.5 Å². The van der Waals surface area contributed by atoms with Crippen molar-refractivity contribution in [3.05, 3.63) is 182 Å². The summed E-state index contributed by atoms with van der Waals surface area (Å²) in [4.78, 5) is 24.6. The third-order valence-electron chi connectivity index (χ3n) is 7.73. The summed E-state index contributed by atoms with van der Waals surface area (Å²) in [5.41, 5.74) is 0. The summed E-state index contributed by atoms with van der Waals surface area (Å²) in [6.07, 6.45) is 0. The quantitative estimate of drug-likeness (QED) is 0.119. The average molecular weight is 643 g/mol. The van der Waals surface area contributed by atoms with E-state index < -0.39 is 14.5 Å². The molecule has 0 saturated carbocycles. The summed E-state index contributed by atoms with van der Waals surface area (Å²) in [6, 6.07) is 63.2. The van der Waals surface area contributed by atoms with Gasteiger partial charge in [-0.25, -0.2) is 0 Å². The molecule has 0 N–H and O–H groups in total. The second-order valence-corrected chi connectivity index (χ2v) is 17.2. The summed E-state index contributed by atoms with van der Waals surface area (Å²) in [6.45, 7) is 0. The van der Waals surface area contributed by atoms with E-state index in [1.54, 1.807) is 0 Å². The standard InChI is InChI=1S/2C19H17OP.Ni/c2*20-16-21(17-10-4-1-5-11-17,18-12-6-2-7-13-18)19-14-8-3-9-15-19;/h2*1-16,21H;. The summed E-state index contributed by atoms with van der Waals surface area (Å²) in [5, 5.41) is 6.74. The van der Waals surface area contributed by atoms with Crippen molar-refractivity contribution in [3.8, 4) is 0 Å². The molecule has 6 aromatic carbocycles. The molecule has 0 heterocycles. The van der Waals surface area contributed by atoms with Crippen molar-refractivity contribution >= 4 is 58.4 Å². The fourth-order valence-corrected chi connectivity index (χ4v) is 12.7. The van der Waals surface area contributed by atoms with Crippen LogP contribution in [0.1, 0.15) is 0 Å². The summed E-state index contributed by atoms with van der Waals surface area (Å²) < 4.78 is 0. The molecule has 0 atom stereocenters. The predicted molar refractivity (Wildman–Crippen MR) is 187 cm³/mol. The number of benzene rings is 6. The minimum Gasteiger partial charge on any atom is 0 e. The Morgan fingerprint density at radius 2 is 0.419 bits per heavy atom. The van der Waals surface area contributed by atoms with Gasteiger partial charge in [-0.05, 0) is 0 Å². The Labute approximate surface area is 265 Å². The van der Waals surface area contributed by atoms with Crippen LogP contribution < -0.4 is 31.8 Å².